The van der Waals surface area contributed by atoms with Crippen LogP contribution in [0.1, 0.15) is 12.5 Å². The van der Waals surface area contributed by atoms with Crippen LogP contribution in [-0.2, 0) is 16.6 Å². The molecule has 0 N–H and O–H groups in total. The normalized spacial score (nSPS) is 20.2. The molecule has 5 nitrogen and oxygen atoms in total. The number of nitrogens with zero attached hydrogens (tertiary/aromatic N) is 3. The fraction of sp³-hybridized carbons (Fsp3) is 0.353. The van der Waals surface area contributed by atoms with Crippen molar-refractivity contribution >= 4 is 10.0 Å². The second-order valence-corrected chi connectivity index (χ2v) is 7.91. The highest BCUT2D eigenvalue weighted by atomic mass is 32.2. The van der Waals surface area contributed by atoms with Gasteiger partial charge in [-0.05, 0) is 18.6 Å². The van der Waals surface area contributed by atoms with Gasteiger partial charge >= 0.3 is 0 Å². The Morgan fingerprint density at radius 2 is 1.96 bits per heavy atom. The van der Waals surface area contributed by atoms with Crippen molar-refractivity contribution in [2.24, 2.45) is 0 Å². The quantitative estimate of drug-likeness (QED) is 0.848. The number of sulfonamides is 1. The molecule has 1 aromatic heterocycles. The van der Waals surface area contributed by atoms with E-state index in [1.54, 1.807) is 0 Å². The van der Waals surface area contributed by atoms with E-state index in [0.717, 1.165) is 18.8 Å². The first-order valence-electron chi connectivity index (χ1n) is 7.85. The van der Waals surface area contributed by atoms with Crippen LogP contribution in [0.25, 0.3) is 0 Å². The standard InChI is InChI=1S/C17H20FN3O2S/c1-14-12-20(13-15-5-3-2-4-6-15)7-8-21(14)24(22,23)17-9-16(18)10-19-11-17/h2-6,9-11,14H,7-8,12-13H2,1H3/t14-/m1/s1. The van der Waals surface area contributed by atoms with E-state index in [0.29, 0.717) is 19.6 Å². The molecule has 7 heteroatoms. The predicted molar refractivity (Wildman–Crippen MR) is 89.3 cm³/mol. The third-order valence-electron chi connectivity index (χ3n) is 4.19. The van der Waals surface area contributed by atoms with Crippen LogP contribution in [0.3, 0.4) is 0 Å². The lowest BCUT2D eigenvalue weighted by atomic mass is 10.1. The summed E-state index contributed by atoms with van der Waals surface area (Å²) in [6, 6.07) is 10.9. The van der Waals surface area contributed by atoms with Crippen LogP contribution in [0.2, 0.25) is 0 Å². The average Bonchev–Trinajstić information content (AvgIpc) is 2.55. The maximum absolute atomic E-state index is 13.3. The molecule has 0 unspecified atom stereocenters. The van der Waals surface area contributed by atoms with Crippen LogP contribution < -0.4 is 0 Å². The molecule has 1 aliphatic heterocycles. The van der Waals surface area contributed by atoms with Crippen molar-refractivity contribution in [2.75, 3.05) is 19.6 Å². The summed E-state index contributed by atoms with van der Waals surface area (Å²) in [7, 11) is -3.73. The maximum Gasteiger partial charge on any atom is 0.245 e. The molecule has 0 radical (unpaired) electrons. The molecule has 0 saturated carbocycles. The van der Waals surface area contributed by atoms with Crippen LogP contribution in [-0.4, -0.2) is 48.3 Å². The summed E-state index contributed by atoms with van der Waals surface area (Å²) in [5.41, 5.74) is 1.20. The van der Waals surface area contributed by atoms with Gasteiger partial charge in [0.2, 0.25) is 10.0 Å². The Hall–Kier alpha value is -1.83. The highest BCUT2D eigenvalue weighted by Gasteiger charge is 2.34. The molecule has 2 aromatic rings. The van der Waals surface area contributed by atoms with E-state index in [9.17, 15) is 12.8 Å². The van der Waals surface area contributed by atoms with E-state index in [1.165, 1.54) is 16.1 Å². The lowest BCUT2D eigenvalue weighted by Crippen LogP contribution is -2.53. The molecule has 1 aromatic carbocycles. The highest BCUT2D eigenvalue weighted by Crippen LogP contribution is 2.22. The van der Waals surface area contributed by atoms with E-state index in [2.05, 4.69) is 22.0 Å². The first-order chi connectivity index (χ1) is 11.5. The number of hydrogen-bond donors (Lipinski definition) is 0. The molecule has 1 aliphatic rings. The maximum atomic E-state index is 13.3. The first-order valence-corrected chi connectivity index (χ1v) is 9.29. The van der Waals surface area contributed by atoms with Crippen LogP contribution in [0, 0.1) is 5.82 Å². The number of rotatable bonds is 4. The number of halogens is 1. The number of aromatic nitrogens is 1. The monoisotopic (exact) mass is 349 g/mol. The highest BCUT2D eigenvalue weighted by molar-refractivity contribution is 7.89. The molecule has 0 bridgehead atoms. The van der Waals surface area contributed by atoms with Gasteiger partial charge in [-0.3, -0.25) is 9.88 Å². The van der Waals surface area contributed by atoms with Crippen LogP contribution in [0.5, 0.6) is 0 Å². The predicted octanol–water partition coefficient (Wildman–Crippen LogP) is 2.12. The van der Waals surface area contributed by atoms with E-state index >= 15 is 0 Å². The number of piperazine rings is 1. The Balaban J connectivity index is 1.71. The van der Waals surface area contributed by atoms with Crippen molar-refractivity contribution in [3.05, 3.63) is 60.2 Å². The summed E-state index contributed by atoms with van der Waals surface area (Å²) in [5.74, 6) is -0.647. The van der Waals surface area contributed by atoms with E-state index < -0.39 is 15.8 Å². The zero-order chi connectivity index (χ0) is 17.2. The minimum absolute atomic E-state index is 0.0918. The lowest BCUT2D eigenvalue weighted by Gasteiger charge is -2.38. The van der Waals surface area contributed by atoms with Gasteiger partial charge in [-0.1, -0.05) is 30.3 Å². The minimum atomic E-state index is -3.73. The Kier molecular flexibility index (Phi) is 4.93. The fourth-order valence-corrected chi connectivity index (χ4v) is 4.62. The van der Waals surface area contributed by atoms with Crippen molar-refractivity contribution in [3.63, 3.8) is 0 Å². The summed E-state index contributed by atoms with van der Waals surface area (Å²) >= 11 is 0. The Bertz CT molecular complexity index is 798. The summed E-state index contributed by atoms with van der Waals surface area (Å²) < 4.78 is 40.2. The van der Waals surface area contributed by atoms with Crippen LogP contribution in [0.4, 0.5) is 4.39 Å². The molecule has 1 atom stereocenters. The van der Waals surface area contributed by atoms with Gasteiger partial charge in [0.25, 0.3) is 0 Å². The summed E-state index contributed by atoms with van der Waals surface area (Å²) in [6.07, 6.45) is 2.20. The molecule has 128 valence electrons. The Morgan fingerprint density at radius 3 is 2.62 bits per heavy atom. The van der Waals surface area contributed by atoms with Crippen LogP contribution >= 0.6 is 0 Å². The second kappa shape index (κ2) is 6.96. The smallest absolute Gasteiger partial charge is 0.245 e. The SMILES string of the molecule is C[C@@H]1CN(Cc2ccccc2)CCN1S(=O)(=O)c1cncc(F)c1. The van der Waals surface area contributed by atoms with Crippen molar-refractivity contribution in [3.8, 4) is 0 Å². The van der Waals surface area contributed by atoms with E-state index in [-0.39, 0.29) is 10.9 Å². The van der Waals surface area contributed by atoms with Gasteiger partial charge in [0, 0.05) is 38.4 Å². The van der Waals surface area contributed by atoms with Crippen molar-refractivity contribution in [2.45, 2.75) is 24.4 Å². The largest absolute Gasteiger partial charge is 0.296 e. The lowest BCUT2D eigenvalue weighted by molar-refractivity contribution is 0.138. The topological polar surface area (TPSA) is 53.5 Å². The molecule has 2 heterocycles. The summed E-state index contributed by atoms with van der Waals surface area (Å²) in [5, 5.41) is 0. The van der Waals surface area contributed by atoms with Gasteiger partial charge in [0.1, 0.15) is 10.7 Å². The molecule has 1 saturated heterocycles. The zero-order valence-electron chi connectivity index (χ0n) is 13.5. The van der Waals surface area contributed by atoms with Gasteiger partial charge in [0.05, 0.1) is 6.20 Å². The van der Waals surface area contributed by atoms with E-state index in [4.69, 9.17) is 0 Å². The summed E-state index contributed by atoms with van der Waals surface area (Å²) in [4.78, 5) is 5.79. The second-order valence-electron chi connectivity index (χ2n) is 6.02. The first kappa shape index (κ1) is 17.0. The van der Waals surface area contributed by atoms with Gasteiger partial charge in [-0.25, -0.2) is 12.8 Å². The fourth-order valence-electron chi connectivity index (χ4n) is 3.03. The van der Waals surface area contributed by atoms with Gasteiger partial charge in [-0.15, -0.1) is 0 Å². The van der Waals surface area contributed by atoms with Gasteiger partial charge in [-0.2, -0.15) is 4.31 Å². The van der Waals surface area contributed by atoms with Gasteiger partial charge < -0.3 is 0 Å². The molecular weight excluding hydrogens is 329 g/mol. The number of benzene rings is 1. The molecule has 0 aliphatic carbocycles. The Morgan fingerprint density at radius 1 is 1.21 bits per heavy atom. The molecule has 0 spiro atoms. The third-order valence-corrected chi connectivity index (χ3v) is 6.16. The average molecular weight is 349 g/mol. The molecule has 0 amide bonds. The van der Waals surface area contributed by atoms with Crippen molar-refractivity contribution in [1.29, 1.82) is 0 Å². The van der Waals surface area contributed by atoms with E-state index in [1.807, 2.05) is 25.1 Å². The van der Waals surface area contributed by atoms with Gasteiger partial charge in [0.15, 0.2) is 0 Å². The number of hydrogen-bond acceptors (Lipinski definition) is 4. The molecular formula is C17H20FN3O2S. The summed E-state index contributed by atoms with van der Waals surface area (Å²) in [6.45, 7) is 4.33. The van der Waals surface area contributed by atoms with Crippen molar-refractivity contribution in [1.82, 2.24) is 14.2 Å². The Labute approximate surface area is 141 Å². The minimum Gasteiger partial charge on any atom is -0.296 e. The van der Waals surface area contributed by atoms with Crippen LogP contribution in [0.15, 0.2) is 53.7 Å². The molecule has 24 heavy (non-hydrogen) atoms. The zero-order valence-corrected chi connectivity index (χ0v) is 14.3. The number of pyridine rings is 1. The molecule has 1 fully saturated rings. The third kappa shape index (κ3) is 3.63. The molecule has 3 rings (SSSR count). The van der Waals surface area contributed by atoms with Crippen molar-refractivity contribution < 1.29 is 12.8 Å².